The number of aromatic hydroxyl groups is 1. The van der Waals surface area contributed by atoms with Gasteiger partial charge in [0.2, 0.25) is 5.88 Å². The molecular weight excluding hydrogens is 422 g/mol. The molecule has 0 spiro atoms. The normalized spacial score (nSPS) is 11.3. The quantitative estimate of drug-likeness (QED) is 0.344. The van der Waals surface area contributed by atoms with Crippen molar-refractivity contribution in [2.45, 2.75) is 0 Å². The molecule has 34 heavy (non-hydrogen) atoms. The molecule has 5 aromatic rings. The summed E-state index contributed by atoms with van der Waals surface area (Å²) in [5, 5.41) is 21.3. The lowest BCUT2D eigenvalue weighted by Crippen LogP contribution is -2.12. The molecule has 0 unspecified atom stereocenters. The molecule has 0 bridgehead atoms. The molecule has 1 aromatic heterocycles. The number of nitriles is 1. The number of fused-ring (bicyclic) bond motifs is 1. The van der Waals surface area contributed by atoms with E-state index >= 15 is 0 Å². The molecule has 0 aliphatic heterocycles. The van der Waals surface area contributed by atoms with Crippen molar-refractivity contribution in [3.63, 3.8) is 0 Å². The highest BCUT2D eigenvalue weighted by Crippen LogP contribution is 2.35. The Kier molecular flexibility index (Phi) is 5.47. The van der Waals surface area contributed by atoms with Gasteiger partial charge < -0.3 is 5.11 Å². The lowest BCUT2D eigenvalue weighted by atomic mass is 10.0. The van der Waals surface area contributed by atoms with Crippen molar-refractivity contribution in [1.82, 2.24) is 4.57 Å². The van der Waals surface area contributed by atoms with E-state index in [1.165, 1.54) is 4.57 Å². The van der Waals surface area contributed by atoms with Crippen LogP contribution in [0.5, 0.6) is 5.88 Å². The average Bonchev–Trinajstić information content (AvgIpc) is 3.19. The number of benzene rings is 4. The molecule has 1 N–H and O–H groups in total. The van der Waals surface area contributed by atoms with Gasteiger partial charge in [0.25, 0.3) is 5.91 Å². The third kappa shape index (κ3) is 3.74. The summed E-state index contributed by atoms with van der Waals surface area (Å²) in [4.78, 5) is 18.3. The van der Waals surface area contributed by atoms with Crippen LogP contribution in [0.1, 0.15) is 27.0 Å². The van der Waals surface area contributed by atoms with Crippen molar-refractivity contribution >= 4 is 28.2 Å². The van der Waals surface area contributed by atoms with Gasteiger partial charge in [0.1, 0.15) is 0 Å². The molecule has 0 aliphatic carbocycles. The number of hydrogen-bond acceptors (Lipinski definition) is 4. The van der Waals surface area contributed by atoms with E-state index in [4.69, 9.17) is 10.3 Å². The van der Waals surface area contributed by atoms with Crippen LogP contribution in [-0.2, 0) is 0 Å². The monoisotopic (exact) mass is 441 g/mol. The molecular formula is C29H19N3O2. The van der Waals surface area contributed by atoms with E-state index in [9.17, 15) is 9.90 Å². The second-order valence-corrected chi connectivity index (χ2v) is 7.71. The largest absolute Gasteiger partial charge is 0.494 e. The van der Waals surface area contributed by atoms with Crippen molar-refractivity contribution in [3.05, 3.63) is 131 Å². The third-order valence-electron chi connectivity index (χ3n) is 5.59. The van der Waals surface area contributed by atoms with Gasteiger partial charge in [0.15, 0.2) is 0 Å². The minimum Gasteiger partial charge on any atom is -0.494 e. The fraction of sp³-hybridized carbons (Fsp3) is 0. The topological polar surface area (TPSA) is 78.4 Å². The van der Waals surface area contributed by atoms with Gasteiger partial charge in [-0.3, -0.25) is 4.79 Å². The SMILES string of the molecule is N#Cc1ccc(N=C(c2ccccc2)c2c(O)n(C(=O)c3ccccc3)c3ccccc23)cc1. The van der Waals surface area contributed by atoms with Gasteiger partial charge in [-0.1, -0.05) is 66.7 Å². The van der Waals surface area contributed by atoms with Crippen LogP contribution in [0, 0.1) is 11.3 Å². The first-order chi connectivity index (χ1) is 16.7. The smallest absolute Gasteiger partial charge is 0.265 e. The van der Waals surface area contributed by atoms with Gasteiger partial charge >= 0.3 is 0 Å². The number of rotatable bonds is 4. The summed E-state index contributed by atoms with van der Waals surface area (Å²) in [6.07, 6.45) is 0. The number of para-hydroxylation sites is 1. The first kappa shape index (κ1) is 20.9. The van der Waals surface area contributed by atoms with Crippen molar-refractivity contribution in [3.8, 4) is 11.9 Å². The van der Waals surface area contributed by atoms with Gasteiger partial charge in [0, 0.05) is 16.5 Å². The molecule has 5 rings (SSSR count). The molecule has 0 saturated heterocycles. The van der Waals surface area contributed by atoms with Crippen LogP contribution in [0.15, 0.2) is 114 Å². The maximum Gasteiger partial charge on any atom is 0.265 e. The predicted octanol–water partition coefficient (Wildman–Crippen LogP) is 6.08. The van der Waals surface area contributed by atoms with E-state index < -0.39 is 0 Å². The third-order valence-corrected chi connectivity index (χ3v) is 5.59. The maximum atomic E-state index is 13.4. The Bertz CT molecular complexity index is 1560. The Morgan fingerprint density at radius 2 is 1.35 bits per heavy atom. The summed E-state index contributed by atoms with van der Waals surface area (Å²) < 4.78 is 1.33. The zero-order valence-corrected chi connectivity index (χ0v) is 18.1. The summed E-state index contributed by atoms with van der Waals surface area (Å²) in [6.45, 7) is 0. The van der Waals surface area contributed by atoms with Crippen LogP contribution in [0.3, 0.4) is 0 Å². The number of nitrogens with zero attached hydrogens (tertiary/aromatic N) is 3. The Hall–Kier alpha value is -4.95. The number of aliphatic imine (C=N–C) groups is 1. The Balaban J connectivity index is 1.78. The van der Waals surface area contributed by atoms with E-state index in [0.717, 1.165) is 5.56 Å². The van der Waals surface area contributed by atoms with Crippen LogP contribution in [0.25, 0.3) is 10.9 Å². The van der Waals surface area contributed by atoms with E-state index in [2.05, 4.69) is 6.07 Å². The minimum absolute atomic E-state index is 0.175. The van der Waals surface area contributed by atoms with Crippen molar-refractivity contribution in [2.24, 2.45) is 4.99 Å². The molecule has 0 amide bonds. The van der Waals surface area contributed by atoms with Crippen molar-refractivity contribution in [2.75, 3.05) is 0 Å². The second-order valence-electron chi connectivity index (χ2n) is 7.71. The number of carbonyl (C=O) groups is 1. The van der Waals surface area contributed by atoms with Crippen LogP contribution >= 0.6 is 0 Å². The minimum atomic E-state index is -0.327. The molecule has 5 heteroatoms. The molecule has 1 heterocycles. The highest BCUT2D eigenvalue weighted by molar-refractivity contribution is 6.23. The molecule has 0 saturated carbocycles. The summed E-state index contributed by atoms with van der Waals surface area (Å²) in [7, 11) is 0. The first-order valence-corrected chi connectivity index (χ1v) is 10.7. The second kappa shape index (κ2) is 8.89. The molecule has 4 aromatic carbocycles. The molecule has 0 fully saturated rings. The Labute approximate surface area is 196 Å². The van der Waals surface area contributed by atoms with Crippen molar-refractivity contribution < 1.29 is 9.90 Å². The zero-order valence-electron chi connectivity index (χ0n) is 18.1. The summed E-state index contributed by atoms with van der Waals surface area (Å²) >= 11 is 0. The van der Waals surface area contributed by atoms with E-state index in [1.807, 2.05) is 60.7 Å². The maximum absolute atomic E-state index is 13.4. The molecule has 5 nitrogen and oxygen atoms in total. The average molecular weight is 441 g/mol. The van der Waals surface area contributed by atoms with Gasteiger partial charge in [-0.2, -0.15) is 5.26 Å². The van der Waals surface area contributed by atoms with E-state index in [0.29, 0.717) is 39.0 Å². The predicted molar refractivity (Wildman–Crippen MR) is 133 cm³/mol. The number of hydrogen-bond donors (Lipinski definition) is 1. The van der Waals surface area contributed by atoms with Crippen LogP contribution in [0.2, 0.25) is 0 Å². The van der Waals surface area contributed by atoms with E-state index in [-0.39, 0.29) is 11.8 Å². The summed E-state index contributed by atoms with van der Waals surface area (Å²) in [6, 6.07) is 34.8. The summed E-state index contributed by atoms with van der Waals surface area (Å²) in [5.41, 5.74) is 4.01. The van der Waals surface area contributed by atoms with Gasteiger partial charge in [-0.15, -0.1) is 0 Å². The van der Waals surface area contributed by atoms with Gasteiger partial charge in [-0.25, -0.2) is 9.56 Å². The van der Waals surface area contributed by atoms with E-state index in [1.54, 1.807) is 48.5 Å². The van der Waals surface area contributed by atoms with Gasteiger partial charge in [-0.05, 0) is 42.5 Å². The lowest BCUT2D eigenvalue weighted by Gasteiger charge is -2.09. The van der Waals surface area contributed by atoms with Crippen molar-refractivity contribution in [1.29, 1.82) is 5.26 Å². The first-order valence-electron chi connectivity index (χ1n) is 10.7. The fourth-order valence-corrected chi connectivity index (χ4v) is 3.98. The Morgan fingerprint density at radius 3 is 2.00 bits per heavy atom. The molecule has 0 aliphatic rings. The highest BCUT2D eigenvalue weighted by Gasteiger charge is 2.25. The fourth-order valence-electron chi connectivity index (χ4n) is 3.98. The molecule has 0 radical (unpaired) electrons. The van der Waals surface area contributed by atoms with Crippen LogP contribution in [0.4, 0.5) is 5.69 Å². The van der Waals surface area contributed by atoms with Crippen LogP contribution < -0.4 is 0 Å². The lowest BCUT2D eigenvalue weighted by molar-refractivity contribution is 0.0956. The zero-order chi connectivity index (χ0) is 23.5. The number of carbonyl (C=O) groups excluding carboxylic acids is 1. The summed E-state index contributed by atoms with van der Waals surface area (Å²) in [5.74, 6) is -0.502. The Morgan fingerprint density at radius 1 is 0.765 bits per heavy atom. The van der Waals surface area contributed by atoms with Crippen LogP contribution in [-0.4, -0.2) is 21.3 Å². The molecule has 0 atom stereocenters. The molecule has 162 valence electrons. The highest BCUT2D eigenvalue weighted by atomic mass is 16.3. The van der Waals surface area contributed by atoms with Gasteiger partial charge in [0.05, 0.1) is 34.1 Å². The number of aromatic nitrogens is 1. The standard InChI is InChI=1S/C29H19N3O2/c30-19-20-15-17-23(18-16-20)31-27(21-9-3-1-4-10-21)26-24-13-7-8-14-25(24)32(29(26)34)28(33)22-11-5-2-6-12-22/h1-18,34H.